The van der Waals surface area contributed by atoms with Crippen LogP contribution in [-0.4, -0.2) is 37.4 Å². The molecule has 7 nitrogen and oxygen atoms in total. The van der Waals surface area contributed by atoms with Crippen molar-refractivity contribution in [3.63, 3.8) is 0 Å². The third kappa shape index (κ3) is 4.55. The number of oxime groups is 1. The van der Waals surface area contributed by atoms with Crippen molar-refractivity contribution < 1.29 is 28.3 Å². The molecule has 0 spiro atoms. The quantitative estimate of drug-likeness (QED) is 0.167. The van der Waals surface area contributed by atoms with E-state index in [1.54, 1.807) is 55.5 Å². The van der Waals surface area contributed by atoms with Gasteiger partial charge in [-0.25, -0.2) is 4.39 Å². The number of ether oxygens (including phenoxy) is 1. The van der Waals surface area contributed by atoms with Crippen LogP contribution >= 0.6 is 0 Å². The van der Waals surface area contributed by atoms with Gasteiger partial charge in [-0.3, -0.25) is 19.3 Å². The van der Waals surface area contributed by atoms with Crippen molar-refractivity contribution in [2.75, 3.05) is 19.1 Å². The summed E-state index contributed by atoms with van der Waals surface area (Å²) in [5, 5.41) is 3.89. The lowest BCUT2D eigenvalue weighted by atomic mass is 9.86. The maximum Gasteiger partial charge on any atom is 0.295 e. The Balaban J connectivity index is 1.79. The molecule has 3 aromatic carbocycles. The van der Waals surface area contributed by atoms with Crippen LogP contribution in [0.15, 0.2) is 78.0 Å². The number of amides is 1. The molecule has 2 unspecified atom stereocenters. The zero-order chi connectivity index (χ0) is 25.1. The summed E-state index contributed by atoms with van der Waals surface area (Å²) < 4.78 is 18.8. The van der Waals surface area contributed by atoms with Crippen LogP contribution in [0.25, 0.3) is 0 Å². The van der Waals surface area contributed by atoms with Gasteiger partial charge in [0.15, 0.2) is 5.78 Å². The molecule has 0 aromatic heterocycles. The van der Waals surface area contributed by atoms with Gasteiger partial charge in [-0.2, -0.15) is 0 Å². The minimum atomic E-state index is -1.29. The molecule has 2 atom stereocenters. The van der Waals surface area contributed by atoms with E-state index in [2.05, 4.69) is 5.16 Å². The van der Waals surface area contributed by atoms with E-state index in [1.165, 1.54) is 43.4 Å². The number of rotatable bonds is 7. The summed E-state index contributed by atoms with van der Waals surface area (Å²) in [6.07, 6.45) is 0. The number of halogens is 1. The summed E-state index contributed by atoms with van der Waals surface area (Å²) in [4.78, 5) is 46.0. The average molecular weight is 474 g/mol. The van der Waals surface area contributed by atoms with Crippen molar-refractivity contribution in [3.05, 3.63) is 95.3 Å². The fourth-order valence-corrected chi connectivity index (χ4v) is 4.20. The Morgan fingerprint density at radius 3 is 2.06 bits per heavy atom. The summed E-state index contributed by atoms with van der Waals surface area (Å²) in [5.41, 5.74) is 2.56. The van der Waals surface area contributed by atoms with Gasteiger partial charge >= 0.3 is 0 Å². The molecule has 0 saturated carbocycles. The molecule has 0 N–H and O–H groups in total. The molecule has 0 bridgehead atoms. The van der Waals surface area contributed by atoms with Crippen LogP contribution in [0.3, 0.4) is 0 Å². The van der Waals surface area contributed by atoms with E-state index in [-0.39, 0.29) is 5.56 Å². The van der Waals surface area contributed by atoms with Crippen molar-refractivity contribution >= 4 is 28.9 Å². The highest BCUT2D eigenvalue weighted by atomic mass is 19.1. The van der Waals surface area contributed by atoms with E-state index in [4.69, 9.17) is 9.57 Å². The van der Waals surface area contributed by atoms with Crippen LogP contribution in [-0.2, 0) is 14.4 Å². The second-order valence-electron chi connectivity index (χ2n) is 8.01. The maximum atomic E-state index is 13.7. The molecule has 1 aliphatic heterocycles. The molecule has 8 heteroatoms. The van der Waals surface area contributed by atoms with Crippen LogP contribution in [0.5, 0.6) is 5.75 Å². The number of Topliss-reactive ketones (excluding diaryl/α,β-unsaturated/α-hetero) is 2. The number of ketones is 2. The second-order valence-corrected chi connectivity index (χ2v) is 8.01. The first-order valence-electron chi connectivity index (χ1n) is 10.8. The number of benzene rings is 3. The van der Waals surface area contributed by atoms with E-state index in [0.29, 0.717) is 22.7 Å². The Hall–Kier alpha value is -4.33. The summed E-state index contributed by atoms with van der Waals surface area (Å²) in [5.74, 6) is -3.33. The van der Waals surface area contributed by atoms with Crippen molar-refractivity contribution in [2.45, 2.75) is 13.0 Å². The van der Waals surface area contributed by atoms with Crippen LogP contribution in [0, 0.1) is 11.7 Å². The number of carbonyl (C=O) groups is 3. The van der Waals surface area contributed by atoms with Gasteiger partial charge in [0.05, 0.1) is 18.9 Å². The van der Waals surface area contributed by atoms with Crippen LogP contribution < -0.4 is 9.64 Å². The zero-order valence-electron chi connectivity index (χ0n) is 19.4. The van der Waals surface area contributed by atoms with Gasteiger partial charge in [-0.1, -0.05) is 29.4 Å². The maximum absolute atomic E-state index is 13.7. The van der Waals surface area contributed by atoms with E-state index >= 15 is 0 Å². The molecule has 178 valence electrons. The van der Waals surface area contributed by atoms with Gasteiger partial charge in [0, 0.05) is 11.3 Å². The molecule has 3 aromatic rings. The van der Waals surface area contributed by atoms with E-state index < -0.39 is 35.3 Å². The third-order valence-electron chi connectivity index (χ3n) is 5.97. The smallest absolute Gasteiger partial charge is 0.295 e. The van der Waals surface area contributed by atoms with Crippen LogP contribution in [0.1, 0.15) is 34.5 Å². The molecule has 0 radical (unpaired) electrons. The minimum Gasteiger partial charge on any atom is -0.497 e. The van der Waals surface area contributed by atoms with Crippen LogP contribution in [0.4, 0.5) is 10.1 Å². The van der Waals surface area contributed by atoms with E-state index in [0.717, 1.165) is 5.56 Å². The number of hydrogen-bond acceptors (Lipinski definition) is 6. The van der Waals surface area contributed by atoms with Crippen molar-refractivity contribution in [1.29, 1.82) is 0 Å². The Morgan fingerprint density at radius 1 is 0.886 bits per heavy atom. The molecule has 1 amide bonds. The summed E-state index contributed by atoms with van der Waals surface area (Å²) in [7, 11) is 2.95. The van der Waals surface area contributed by atoms with Crippen LogP contribution in [0.2, 0.25) is 0 Å². The van der Waals surface area contributed by atoms with Gasteiger partial charge in [-0.15, -0.1) is 0 Å². The number of anilines is 1. The highest BCUT2D eigenvalue weighted by Crippen LogP contribution is 2.41. The van der Waals surface area contributed by atoms with Crippen molar-refractivity contribution in [1.82, 2.24) is 0 Å². The standard InChI is InChI=1S/C27H23FN2O5/c1-16(29-35-3)17-6-12-21(13-7-17)30-24(18-4-10-20(28)11-5-18)23(26(32)27(30)33)25(31)19-8-14-22(34-2)15-9-19/h4-15,23-24H,1-3H3. The van der Waals surface area contributed by atoms with Crippen molar-refractivity contribution in [3.8, 4) is 5.75 Å². The lowest BCUT2D eigenvalue weighted by molar-refractivity contribution is -0.135. The van der Waals surface area contributed by atoms with E-state index in [9.17, 15) is 18.8 Å². The first kappa shape index (κ1) is 23.8. The molecule has 0 aliphatic carbocycles. The van der Waals surface area contributed by atoms with E-state index in [1.807, 2.05) is 0 Å². The fraction of sp³-hybridized carbons (Fsp3) is 0.185. The Bertz CT molecular complexity index is 1280. The molecule has 35 heavy (non-hydrogen) atoms. The SMILES string of the molecule is CON=C(C)c1ccc(N2C(=O)C(=O)C(C(=O)c3ccc(OC)cc3)C2c2ccc(F)cc2)cc1. The molecule has 1 fully saturated rings. The highest BCUT2D eigenvalue weighted by molar-refractivity contribution is 6.49. The molecule has 1 heterocycles. The minimum absolute atomic E-state index is 0.271. The topological polar surface area (TPSA) is 85.3 Å². The largest absolute Gasteiger partial charge is 0.497 e. The summed E-state index contributed by atoms with van der Waals surface area (Å²) in [6.45, 7) is 1.77. The molecule has 1 saturated heterocycles. The summed E-state index contributed by atoms with van der Waals surface area (Å²) in [6, 6.07) is 17.7. The third-order valence-corrected chi connectivity index (χ3v) is 5.97. The number of carbonyl (C=O) groups excluding carboxylic acids is 3. The lowest BCUT2D eigenvalue weighted by Crippen LogP contribution is -2.30. The average Bonchev–Trinajstić information content (AvgIpc) is 3.14. The van der Waals surface area contributed by atoms with Gasteiger partial charge in [0.1, 0.15) is 24.6 Å². The molecule has 4 rings (SSSR count). The zero-order valence-corrected chi connectivity index (χ0v) is 19.4. The van der Waals surface area contributed by atoms with Gasteiger partial charge < -0.3 is 9.57 Å². The summed E-state index contributed by atoms with van der Waals surface area (Å²) >= 11 is 0. The predicted octanol–water partition coefficient (Wildman–Crippen LogP) is 4.36. The van der Waals surface area contributed by atoms with Gasteiger partial charge in [0.2, 0.25) is 5.78 Å². The lowest BCUT2D eigenvalue weighted by Gasteiger charge is -2.27. The molecular formula is C27H23FN2O5. The number of nitrogens with zero attached hydrogens (tertiary/aromatic N) is 2. The van der Waals surface area contributed by atoms with Crippen molar-refractivity contribution in [2.24, 2.45) is 11.1 Å². The fourth-order valence-electron chi connectivity index (χ4n) is 4.20. The highest BCUT2D eigenvalue weighted by Gasteiger charge is 2.52. The Labute approximate surface area is 201 Å². The van der Waals surface area contributed by atoms with Gasteiger partial charge in [0.25, 0.3) is 5.91 Å². The first-order chi connectivity index (χ1) is 16.8. The number of methoxy groups -OCH3 is 1. The second kappa shape index (κ2) is 9.89. The van der Waals surface area contributed by atoms with Gasteiger partial charge in [-0.05, 0) is 66.6 Å². The molecular weight excluding hydrogens is 451 g/mol. The predicted molar refractivity (Wildman–Crippen MR) is 128 cm³/mol. The Kier molecular flexibility index (Phi) is 6.73. The normalized spacial score (nSPS) is 18.1. The first-order valence-corrected chi connectivity index (χ1v) is 10.8. The monoisotopic (exact) mass is 474 g/mol. The Morgan fingerprint density at radius 2 is 1.49 bits per heavy atom. The number of hydrogen-bond donors (Lipinski definition) is 0. The molecule has 1 aliphatic rings.